The van der Waals surface area contributed by atoms with Crippen LogP contribution in [0.15, 0.2) is 18.5 Å². The summed E-state index contributed by atoms with van der Waals surface area (Å²) >= 11 is 0. The van der Waals surface area contributed by atoms with E-state index in [9.17, 15) is 0 Å². The molecule has 1 aliphatic heterocycles. The van der Waals surface area contributed by atoms with Crippen molar-refractivity contribution in [2.24, 2.45) is 0 Å². The van der Waals surface area contributed by atoms with Gasteiger partial charge in [-0.2, -0.15) is 5.10 Å². The first-order valence-corrected chi connectivity index (χ1v) is 7.14. The van der Waals surface area contributed by atoms with E-state index in [0.29, 0.717) is 11.6 Å². The lowest BCUT2D eigenvalue weighted by atomic mass is 9.91. The van der Waals surface area contributed by atoms with Gasteiger partial charge in [0.25, 0.3) is 0 Å². The van der Waals surface area contributed by atoms with Gasteiger partial charge in [-0.25, -0.2) is 0 Å². The molecule has 0 radical (unpaired) electrons. The highest BCUT2D eigenvalue weighted by Gasteiger charge is 2.35. The molecule has 2 rings (SSSR count). The van der Waals surface area contributed by atoms with Gasteiger partial charge in [0.05, 0.1) is 6.54 Å². The number of nitrogens with zero attached hydrogens (tertiary/aromatic N) is 3. The SMILES string of the molecule is CCC1CN(CCn2cccn2)C(C)(CC)CN1. The monoisotopic (exact) mass is 250 g/mol. The number of piperazine rings is 1. The predicted octanol–water partition coefficient (Wildman–Crippen LogP) is 1.74. The minimum atomic E-state index is 0.290. The molecule has 1 aromatic heterocycles. The molecule has 4 heteroatoms. The summed E-state index contributed by atoms with van der Waals surface area (Å²) in [6, 6.07) is 2.63. The standard InChI is InChI=1S/C14H26N4/c1-4-13-11-17(14(3,5-2)12-15-13)9-10-18-8-6-7-16-18/h6-8,13,15H,4-5,9-12H2,1-3H3. The van der Waals surface area contributed by atoms with Crippen LogP contribution < -0.4 is 5.32 Å². The average Bonchev–Trinajstić information content (AvgIpc) is 2.91. The number of hydrogen-bond donors (Lipinski definition) is 1. The molecule has 2 heterocycles. The van der Waals surface area contributed by atoms with Crippen LogP contribution in [0, 0.1) is 0 Å². The van der Waals surface area contributed by atoms with Crippen molar-refractivity contribution in [3.63, 3.8) is 0 Å². The zero-order chi connectivity index (χ0) is 13.0. The molecule has 2 atom stereocenters. The molecule has 0 spiro atoms. The Morgan fingerprint density at radius 3 is 2.83 bits per heavy atom. The third-order valence-corrected chi connectivity index (χ3v) is 4.39. The molecule has 1 N–H and O–H groups in total. The molecule has 2 unspecified atom stereocenters. The first kappa shape index (κ1) is 13.6. The van der Waals surface area contributed by atoms with Crippen LogP contribution in [0.1, 0.15) is 33.6 Å². The predicted molar refractivity (Wildman–Crippen MR) is 74.6 cm³/mol. The fourth-order valence-electron chi connectivity index (χ4n) is 2.67. The maximum Gasteiger partial charge on any atom is 0.0536 e. The van der Waals surface area contributed by atoms with Gasteiger partial charge in [-0.1, -0.05) is 13.8 Å². The molecule has 0 bridgehead atoms. The zero-order valence-corrected chi connectivity index (χ0v) is 11.9. The van der Waals surface area contributed by atoms with E-state index in [1.54, 1.807) is 0 Å². The van der Waals surface area contributed by atoms with Crippen molar-refractivity contribution in [1.82, 2.24) is 20.0 Å². The second kappa shape index (κ2) is 5.85. The van der Waals surface area contributed by atoms with Crippen molar-refractivity contribution < 1.29 is 0 Å². The quantitative estimate of drug-likeness (QED) is 0.864. The fourth-order valence-corrected chi connectivity index (χ4v) is 2.67. The van der Waals surface area contributed by atoms with Gasteiger partial charge in [0.15, 0.2) is 0 Å². The lowest BCUT2D eigenvalue weighted by molar-refractivity contribution is 0.0442. The highest BCUT2D eigenvalue weighted by molar-refractivity contribution is 4.94. The smallest absolute Gasteiger partial charge is 0.0536 e. The van der Waals surface area contributed by atoms with Gasteiger partial charge >= 0.3 is 0 Å². The Hall–Kier alpha value is -0.870. The molecule has 0 amide bonds. The van der Waals surface area contributed by atoms with Crippen molar-refractivity contribution in [2.45, 2.75) is 51.7 Å². The summed E-state index contributed by atoms with van der Waals surface area (Å²) in [5, 5.41) is 7.96. The molecule has 102 valence electrons. The summed E-state index contributed by atoms with van der Waals surface area (Å²) in [6.07, 6.45) is 6.29. The van der Waals surface area contributed by atoms with Crippen molar-refractivity contribution in [3.05, 3.63) is 18.5 Å². The van der Waals surface area contributed by atoms with Crippen LogP contribution in [-0.2, 0) is 6.54 Å². The number of aromatic nitrogens is 2. The molecule has 1 fully saturated rings. The number of nitrogens with one attached hydrogen (secondary N) is 1. The molecule has 4 nitrogen and oxygen atoms in total. The average molecular weight is 250 g/mol. The van der Waals surface area contributed by atoms with Crippen molar-refractivity contribution in [1.29, 1.82) is 0 Å². The second-order valence-electron chi connectivity index (χ2n) is 5.55. The highest BCUT2D eigenvalue weighted by Crippen LogP contribution is 2.23. The third-order valence-electron chi connectivity index (χ3n) is 4.39. The number of hydrogen-bond acceptors (Lipinski definition) is 3. The molecule has 1 aromatic rings. The van der Waals surface area contributed by atoms with Gasteiger partial charge in [-0.15, -0.1) is 0 Å². The summed E-state index contributed by atoms with van der Waals surface area (Å²) < 4.78 is 2.03. The van der Waals surface area contributed by atoms with Crippen molar-refractivity contribution in [2.75, 3.05) is 19.6 Å². The van der Waals surface area contributed by atoms with E-state index in [0.717, 1.165) is 26.2 Å². The lowest BCUT2D eigenvalue weighted by Gasteiger charge is -2.48. The Balaban J connectivity index is 1.96. The number of rotatable bonds is 5. The summed E-state index contributed by atoms with van der Waals surface area (Å²) in [7, 11) is 0. The van der Waals surface area contributed by atoms with Gasteiger partial charge in [0, 0.05) is 43.6 Å². The Morgan fingerprint density at radius 2 is 2.22 bits per heavy atom. The molecule has 0 aliphatic carbocycles. The summed E-state index contributed by atoms with van der Waals surface area (Å²) in [6.45, 7) is 11.2. The van der Waals surface area contributed by atoms with E-state index in [-0.39, 0.29) is 0 Å². The molecule has 1 aliphatic rings. The van der Waals surface area contributed by atoms with Gasteiger partial charge in [0.2, 0.25) is 0 Å². The van der Waals surface area contributed by atoms with Gasteiger partial charge < -0.3 is 5.32 Å². The summed E-state index contributed by atoms with van der Waals surface area (Å²) in [5.41, 5.74) is 0.290. The van der Waals surface area contributed by atoms with Crippen LogP contribution in [0.25, 0.3) is 0 Å². The fraction of sp³-hybridized carbons (Fsp3) is 0.786. The van der Waals surface area contributed by atoms with Gasteiger partial charge in [-0.3, -0.25) is 9.58 Å². The molecular formula is C14H26N4. The third kappa shape index (κ3) is 2.93. The molecule has 18 heavy (non-hydrogen) atoms. The van der Waals surface area contributed by atoms with Gasteiger partial charge in [-0.05, 0) is 25.8 Å². The van der Waals surface area contributed by atoms with Crippen LogP contribution in [0.3, 0.4) is 0 Å². The Labute approximate surface area is 110 Å². The van der Waals surface area contributed by atoms with Crippen LogP contribution >= 0.6 is 0 Å². The zero-order valence-electron chi connectivity index (χ0n) is 11.9. The minimum Gasteiger partial charge on any atom is -0.311 e. The Bertz CT molecular complexity index is 349. The molecule has 0 saturated carbocycles. The van der Waals surface area contributed by atoms with Crippen LogP contribution in [0.2, 0.25) is 0 Å². The van der Waals surface area contributed by atoms with Crippen LogP contribution in [0.4, 0.5) is 0 Å². The van der Waals surface area contributed by atoms with Crippen molar-refractivity contribution >= 4 is 0 Å². The Kier molecular flexibility index (Phi) is 4.40. The largest absolute Gasteiger partial charge is 0.311 e. The van der Waals surface area contributed by atoms with E-state index in [1.165, 1.54) is 12.8 Å². The summed E-state index contributed by atoms with van der Waals surface area (Å²) in [5.74, 6) is 0. The maximum absolute atomic E-state index is 4.29. The second-order valence-corrected chi connectivity index (χ2v) is 5.55. The van der Waals surface area contributed by atoms with E-state index in [2.05, 4.69) is 36.1 Å². The van der Waals surface area contributed by atoms with E-state index < -0.39 is 0 Å². The summed E-state index contributed by atoms with van der Waals surface area (Å²) in [4.78, 5) is 2.64. The van der Waals surface area contributed by atoms with E-state index >= 15 is 0 Å². The maximum atomic E-state index is 4.29. The van der Waals surface area contributed by atoms with E-state index in [1.807, 2.05) is 23.1 Å². The first-order valence-electron chi connectivity index (χ1n) is 7.14. The van der Waals surface area contributed by atoms with Crippen molar-refractivity contribution in [3.8, 4) is 0 Å². The topological polar surface area (TPSA) is 33.1 Å². The molecular weight excluding hydrogens is 224 g/mol. The Morgan fingerprint density at radius 1 is 1.39 bits per heavy atom. The lowest BCUT2D eigenvalue weighted by Crippen LogP contribution is -2.63. The normalized spacial score (nSPS) is 29.6. The van der Waals surface area contributed by atoms with Crippen LogP contribution in [-0.4, -0.2) is 45.9 Å². The molecule has 1 saturated heterocycles. The first-order chi connectivity index (χ1) is 8.68. The highest BCUT2D eigenvalue weighted by atomic mass is 15.3. The van der Waals surface area contributed by atoms with Crippen LogP contribution in [0.5, 0.6) is 0 Å². The minimum absolute atomic E-state index is 0.290. The molecule has 0 aromatic carbocycles. The van der Waals surface area contributed by atoms with E-state index in [4.69, 9.17) is 0 Å². The van der Waals surface area contributed by atoms with Gasteiger partial charge in [0.1, 0.15) is 0 Å².